The molecule has 1 aromatic carbocycles. The Balaban J connectivity index is 1.23. The van der Waals surface area contributed by atoms with Gasteiger partial charge in [0.25, 0.3) is 5.89 Å². The summed E-state index contributed by atoms with van der Waals surface area (Å²) in [6.07, 6.45) is 2.75. The fraction of sp³-hybridized carbons (Fsp3) is 0.250. The number of amides is 1. The van der Waals surface area contributed by atoms with Crippen LogP contribution in [0.15, 0.2) is 62.4 Å². The van der Waals surface area contributed by atoms with Crippen LogP contribution in [-0.4, -0.2) is 29.0 Å². The molecule has 0 spiro atoms. The second-order valence-corrected chi connectivity index (χ2v) is 7.95. The van der Waals surface area contributed by atoms with Crippen molar-refractivity contribution in [1.29, 1.82) is 5.26 Å². The summed E-state index contributed by atoms with van der Waals surface area (Å²) in [6.45, 7) is 1.41. The first-order valence-corrected chi connectivity index (χ1v) is 10.7. The lowest BCUT2D eigenvalue weighted by molar-refractivity contribution is -0.125. The van der Waals surface area contributed by atoms with Crippen molar-refractivity contribution in [2.75, 3.05) is 18.0 Å². The number of fused-ring (bicyclic) bond motifs is 1. The maximum Gasteiger partial charge on any atom is 0.266 e. The Hall–Kier alpha value is -4.32. The van der Waals surface area contributed by atoms with Crippen molar-refractivity contribution in [3.63, 3.8) is 0 Å². The van der Waals surface area contributed by atoms with Gasteiger partial charge in [0, 0.05) is 42.5 Å². The smallest absolute Gasteiger partial charge is 0.266 e. The van der Waals surface area contributed by atoms with E-state index < -0.39 is 0 Å². The first-order valence-electron chi connectivity index (χ1n) is 10.7. The van der Waals surface area contributed by atoms with E-state index in [4.69, 9.17) is 8.83 Å². The van der Waals surface area contributed by atoms with Crippen LogP contribution in [0.2, 0.25) is 0 Å². The van der Waals surface area contributed by atoms with Gasteiger partial charge in [-0.3, -0.25) is 9.59 Å². The molecule has 2 N–H and O–H groups in total. The highest BCUT2D eigenvalue weighted by Gasteiger charge is 2.29. The van der Waals surface area contributed by atoms with Gasteiger partial charge in [0.15, 0.2) is 5.76 Å². The number of hydrogen-bond donors (Lipinski definition) is 2. The number of aromatic amines is 1. The third-order valence-electron chi connectivity index (χ3n) is 5.89. The Morgan fingerprint density at radius 3 is 2.82 bits per heavy atom. The summed E-state index contributed by atoms with van der Waals surface area (Å²) < 4.78 is 11.1. The number of pyridine rings is 1. The molecule has 1 amide bonds. The molecule has 0 atom stereocenters. The molecule has 33 heavy (non-hydrogen) atoms. The molecule has 4 aromatic rings. The monoisotopic (exact) mass is 443 g/mol. The molecule has 3 aromatic heterocycles. The van der Waals surface area contributed by atoms with Crippen LogP contribution >= 0.6 is 0 Å². The SMILES string of the molecule is N#Cc1nc(-c2ccco2)oc1N1CCC(C(=O)NCc2cc(=O)[nH]c3ccccc23)CC1. The van der Waals surface area contributed by atoms with E-state index in [-0.39, 0.29) is 35.5 Å². The number of hydrogen-bond acceptors (Lipinski definition) is 7. The van der Waals surface area contributed by atoms with Crippen LogP contribution in [0.4, 0.5) is 5.88 Å². The highest BCUT2D eigenvalue weighted by molar-refractivity contribution is 5.83. The zero-order chi connectivity index (χ0) is 22.8. The second-order valence-electron chi connectivity index (χ2n) is 7.95. The third-order valence-corrected chi connectivity index (χ3v) is 5.89. The van der Waals surface area contributed by atoms with Crippen LogP contribution in [-0.2, 0) is 11.3 Å². The van der Waals surface area contributed by atoms with E-state index in [9.17, 15) is 14.9 Å². The summed E-state index contributed by atoms with van der Waals surface area (Å²) in [5.74, 6) is 0.911. The summed E-state index contributed by atoms with van der Waals surface area (Å²) in [5, 5.41) is 13.3. The molecule has 166 valence electrons. The maximum atomic E-state index is 12.8. The fourth-order valence-corrected chi connectivity index (χ4v) is 4.20. The van der Waals surface area contributed by atoms with Gasteiger partial charge in [-0.15, -0.1) is 0 Å². The Morgan fingerprint density at radius 1 is 1.24 bits per heavy atom. The zero-order valence-corrected chi connectivity index (χ0v) is 17.7. The number of nitrogens with zero attached hydrogens (tertiary/aromatic N) is 3. The van der Waals surface area contributed by atoms with Crippen molar-refractivity contribution in [2.45, 2.75) is 19.4 Å². The summed E-state index contributed by atoms with van der Waals surface area (Å²) in [7, 11) is 0. The molecule has 1 aliphatic rings. The van der Waals surface area contributed by atoms with E-state index in [1.807, 2.05) is 29.2 Å². The van der Waals surface area contributed by atoms with E-state index in [0.717, 1.165) is 16.5 Å². The molecule has 1 aliphatic heterocycles. The first kappa shape index (κ1) is 20.6. The van der Waals surface area contributed by atoms with Crippen LogP contribution in [0.25, 0.3) is 22.6 Å². The number of rotatable bonds is 5. The summed E-state index contributed by atoms with van der Waals surface area (Å²) >= 11 is 0. The van der Waals surface area contributed by atoms with Crippen molar-refractivity contribution >= 4 is 22.7 Å². The average molecular weight is 443 g/mol. The summed E-state index contributed by atoms with van der Waals surface area (Å²) in [5.41, 5.74) is 1.54. The van der Waals surface area contributed by atoms with Gasteiger partial charge in [-0.25, -0.2) is 0 Å². The quantitative estimate of drug-likeness (QED) is 0.485. The number of nitrogens with one attached hydrogen (secondary N) is 2. The van der Waals surface area contributed by atoms with Crippen LogP contribution in [0.3, 0.4) is 0 Å². The third kappa shape index (κ3) is 4.11. The number of H-pyrrole nitrogens is 1. The molecule has 9 nitrogen and oxygen atoms in total. The maximum absolute atomic E-state index is 12.8. The molecule has 0 bridgehead atoms. The van der Waals surface area contributed by atoms with Crippen molar-refractivity contribution in [3.8, 4) is 17.7 Å². The molecule has 0 saturated carbocycles. The minimum atomic E-state index is -0.194. The predicted molar refractivity (Wildman–Crippen MR) is 120 cm³/mol. The molecule has 0 aliphatic carbocycles. The number of piperidine rings is 1. The van der Waals surface area contributed by atoms with Crippen LogP contribution in [0, 0.1) is 17.2 Å². The Kier molecular flexibility index (Phi) is 5.40. The van der Waals surface area contributed by atoms with Crippen molar-refractivity contribution in [2.24, 2.45) is 5.92 Å². The van der Waals surface area contributed by atoms with Crippen LogP contribution in [0.5, 0.6) is 0 Å². The molecule has 1 fully saturated rings. The topological polar surface area (TPSA) is 128 Å². The number of aromatic nitrogens is 2. The summed E-state index contributed by atoms with van der Waals surface area (Å²) in [4.78, 5) is 33.7. The molecule has 9 heteroatoms. The number of benzene rings is 1. The number of nitriles is 1. The zero-order valence-electron chi connectivity index (χ0n) is 17.7. The number of carbonyl (C=O) groups is 1. The Morgan fingerprint density at radius 2 is 2.06 bits per heavy atom. The lowest BCUT2D eigenvalue weighted by Crippen LogP contribution is -2.40. The van der Waals surface area contributed by atoms with Gasteiger partial charge in [-0.1, -0.05) is 18.2 Å². The number of para-hydroxylation sites is 1. The predicted octanol–water partition coefficient (Wildman–Crippen LogP) is 3.18. The number of furan rings is 1. The molecular weight excluding hydrogens is 422 g/mol. The minimum Gasteiger partial charge on any atom is -0.459 e. The van der Waals surface area contributed by atoms with Gasteiger partial charge in [-0.2, -0.15) is 10.2 Å². The number of oxazole rings is 1. The Labute approximate surface area is 188 Å². The van der Waals surface area contributed by atoms with E-state index in [2.05, 4.69) is 21.4 Å². The second kappa shape index (κ2) is 8.67. The summed E-state index contributed by atoms with van der Waals surface area (Å²) in [6, 6.07) is 14.6. The highest BCUT2D eigenvalue weighted by atomic mass is 16.4. The first-order chi connectivity index (χ1) is 16.1. The Bertz CT molecular complexity index is 1390. The largest absolute Gasteiger partial charge is 0.459 e. The van der Waals surface area contributed by atoms with Crippen molar-refractivity contribution < 1.29 is 13.6 Å². The van der Waals surface area contributed by atoms with Crippen LogP contribution in [0.1, 0.15) is 24.1 Å². The minimum absolute atomic E-state index is 0.0478. The van der Waals surface area contributed by atoms with Gasteiger partial charge in [0.1, 0.15) is 6.07 Å². The molecule has 1 saturated heterocycles. The molecule has 0 unspecified atom stereocenters. The van der Waals surface area contributed by atoms with Gasteiger partial charge < -0.3 is 24.0 Å². The van der Waals surface area contributed by atoms with E-state index >= 15 is 0 Å². The van der Waals surface area contributed by atoms with Gasteiger partial charge >= 0.3 is 0 Å². The number of carbonyl (C=O) groups excluding carboxylic acids is 1. The normalized spacial score (nSPS) is 14.3. The molecule has 4 heterocycles. The van der Waals surface area contributed by atoms with E-state index in [1.165, 1.54) is 12.3 Å². The average Bonchev–Trinajstić information content (AvgIpc) is 3.52. The highest BCUT2D eigenvalue weighted by Crippen LogP contribution is 2.31. The van der Waals surface area contributed by atoms with Gasteiger partial charge in [0.2, 0.25) is 23.0 Å². The fourth-order valence-electron chi connectivity index (χ4n) is 4.20. The molecule has 0 radical (unpaired) electrons. The number of anilines is 1. The lowest BCUT2D eigenvalue weighted by atomic mass is 9.95. The molecule has 5 rings (SSSR count). The van der Waals surface area contributed by atoms with Gasteiger partial charge in [0.05, 0.1) is 6.26 Å². The lowest BCUT2D eigenvalue weighted by Gasteiger charge is -2.31. The standard InChI is InChI=1S/C24H21N5O4/c25-13-19-24(33-23(28-19)20-6-3-11-32-20)29-9-7-15(8-10-29)22(31)26-14-16-12-21(30)27-18-5-2-1-4-17(16)18/h1-6,11-12,15H,7-10,14H2,(H,26,31)(H,27,30). The van der Waals surface area contributed by atoms with Crippen molar-refractivity contribution in [1.82, 2.24) is 15.3 Å². The van der Waals surface area contributed by atoms with Crippen molar-refractivity contribution in [3.05, 3.63) is 70.3 Å². The molecular formula is C24H21N5O4. The van der Waals surface area contributed by atoms with Crippen LogP contribution < -0.4 is 15.8 Å². The van der Waals surface area contributed by atoms with Gasteiger partial charge in [-0.05, 0) is 36.6 Å². The van der Waals surface area contributed by atoms with E-state index in [0.29, 0.717) is 37.6 Å². The van der Waals surface area contributed by atoms with E-state index in [1.54, 1.807) is 12.1 Å².